The van der Waals surface area contributed by atoms with Crippen LogP contribution in [0.4, 0.5) is 5.69 Å². The third-order valence-corrected chi connectivity index (χ3v) is 3.15. The molecule has 2 rings (SSSR count). The molecule has 0 atom stereocenters. The molecule has 0 saturated carbocycles. The molecule has 0 radical (unpaired) electrons. The number of benzene rings is 2. The number of phenolic OH excluding ortho intramolecular Hbond substituents is 1. The van der Waals surface area contributed by atoms with Crippen molar-refractivity contribution >= 4 is 17.8 Å². The minimum absolute atomic E-state index is 0.00829. The second-order valence-electron chi connectivity index (χ2n) is 4.81. The lowest BCUT2D eigenvalue weighted by Crippen LogP contribution is -2.25. The zero-order valence-corrected chi connectivity index (χ0v) is 13.4. The van der Waals surface area contributed by atoms with E-state index in [1.165, 1.54) is 19.4 Å². The van der Waals surface area contributed by atoms with Crippen LogP contribution in [0.5, 0.6) is 17.2 Å². The fourth-order valence-electron chi connectivity index (χ4n) is 1.90. The van der Waals surface area contributed by atoms with Gasteiger partial charge in [0, 0.05) is 5.69 Å². The maximum absolute atomic E-state index is 11.7. The van der Waals surface area contributed by atoms with Crippen LogP contribution in [0.15, 0.2) is 47.6 Å². The molecule has 1 amide bonds. The summed E-state index contributed by atoms with van der Waals surface area (Å²) in [4.78, 5) is 11.7. The first-order valence-corrected chi connectivity index (χ1v) is 7.19. The molecule has 0 heterocycles. The number of aromatic hydroxyl groups is 1. The minimum atomic E-state index is -0.292. The molecular formula is C17H19N3O4. The Morgan fingerprint density at radius 1 is 1.17 bits per heavy atom. The molecule has 0 unspecified atom stereocenters. The molecule has 3 N–H and O–H groups in total. The molecular weight excluding hydrogens is 310 g/mol. The van der Waals surface area contributed by atoms with Gasteiger partial charge in [-0.1, -0.05) is 0 Å². The van der Waals surface area contributed by atoms with Crippen molar-refractivity contribution in [3.63, 3.8) is 0 Å². The van der Waals surface area contributed by atoms with Crippen LogP contribution in [-0.2, 0) is 4.79 Å². The van der Waals surface area contributed by atoms with Gasteiger partial charge in [-0.25, -0.2) is 5.43 Å². The lowest BCUT2D eigenvalue weighted by molar-refractivity contribution is -0.119. The summed E-state index contributed by atoms with van der Waals surface area (Å²) in [5.41, 5.74) is 3.84. The van der Waals surface area contributed by atoms with Gasteiger partial charge in [0.05, 0.1) is 27.0 Å². The topological polar surface area (TPSA) is 92.2 Å². The number of anilines is 1. The zero-order valence-electron chi connectivity index (χ0n) is 13.4. The molecule has 7 nitrogen and oxygen atoms in total. The van der Waals surface area contributed by atoms with Gasteiger partial charge in [0.1, 0.15) is 5.75 Å². The number of methoxy groups -OCH3 is 2. The normalized spacial score (nSPS) is 10.4. The number of nitrogens with zero attached hydrogens (tertiary/aromatic N) is 1. The molecule has 0 aliphatic rings. The summed E-state index contributed by atoms with van der Waals surface area (Å²) in [6.07, 6.45) is 1.43. The summed E-state index contributed by atoms with van der Waals surface area (Å²) in [5, 5.41) is 16.5. The van der Waals surface area contributed by atoms with E-state index in [4.69, 9.17) is 9.47 Å². The molecule has 0 aliphatic heterocycles. The van der Waals surface area contributed by atoms with Crippen LogP contribution in [0.2, 0.25) is 0 Å². The van der Waals surface area contributed by atoms with Gasteiger partial charge in [0.15, 0.2) is 11.5 Å². The Balaban J connectivity index is 1.80. The predicted octanol–water partition coefficient (Wildman–Crippen LogP) is 1.97. The van der Waals surface area contributed by atoms with Crippen molar-refractivity contribution in [2.75, 3.05) is 26.1 Å². The second kappa shape index (κ2) is 8.42. The van der Waals surface area contributed by atoms with Gasteiger partial charge in [-0.2, -0.15) is 5.10 Å². The number of phenols is 1. The van der Waals surface area contributed by atoms with Crippen molar-refractivity contribution in [1.29, 1.82) is 0 Å². The van der Waals surface area contributed by atoms with Gasteiger partial charge in [-0.05, 0) is 48.0 Å². The lowest BCUT2D eigenvalue weighted by Gasteiger charge is -2.06. The smallest absolute Gasteiger partial charge is 0.259 e. The highest BCUT2D eigenvalue weighted by atomic mass is 16.5. The van der Waals surface area contributed by atoms with Crippen molar-refractivity contribution in [2.24, 2.45) is 5.10 Å². The van der Waals surface area contributed by atoms with E-state index < -0.39 is 0 Å². The number of carbonyl (C=O) groups is 1. The number of carbonyl (C=O) groups excluding carboxylic acids is 1. The van der Waals surface area contributed by atoms with Crippen molar-refractivity contribution < 1.29 is 19.4 Å². The van der Waals surface area contributed by atoms with Gasteiger partial charge in [-0.15, -0.1) is 0 Å². The van der Waals surface area contributed by atoms with Gasteiger partial charge in [0.25, 0.3) is 5.91 Å². The Kier molecular flexibility index (Phi) is 6.01. The van der Waals surface area contributed by atoms with Crippen molar-refractivity contribution in [1.82, 2.24) is 5.43 Å². The summed E-state index contributed by atoms with van der Waals surface area (Å²) in [6, 6.07) is 12.0. The van der Waals surface area contributed by atoms with Gasteiger partial charge in [-0.3, -0.25) is 4.79 Å². The largest absolute Gasteiger partial charge is 0.504 e. The summed E-state index contributed by atoms with van der Waals surface area (Å²) < 4.78 is 10.0. The SMILES string of the molecule is COc1ccc(NCC(=O)N/N=C/c2ccc(OC)c(O)c2)cc1. The average molecular weight is 329 g/mol. The molecule has 2 aromatic rings. The number of nitrogens with one attached hydrogen (secondary N) is 2. The molecule has 126 valence electrons. The van der Waals surface area contributed by atoms with E-state index >= 15 is 0 Å². The maximum Gasteiger partial charge on any atom is 0.259 e. The van der Waals surface area contributed by atoms with Gasteiger partial charge in [0.2, 0.25) is 0 Å². The van der Waals surface area contributed by atoms with E-state index in [0.29, 0.717) is 11.3 Å². The van der Waals surface area contributed by atoms with E-state index in [0.717, 1.165) is 11.4 Å². The second-order valence-corrected chi connectivity index (χ2v) is 4.81. The van der Waals surface area contributed by atoms with Crippen LogP contribution in [0.1, 0.15) is 5.56 Å². The van der Waals surface area contributed by atoms with Crippen LogP contribution in [0.3, 0.4) is 0 Å². The van der Waals surface area contributed by atoms with Crippen LogP contribution in [0, 0.1) is 0 Å². The highest BCUT2D eigenvalue weighted by molar-refractivity contribution is 5.84. The molecule has 0 spiro atoms. The van der Waals surface area contributed by atoms with E-state index in [1.54, 1.807) is 31.4 Å². The Morgan fingerprint density at radius 2 is 1.92 bits per heavy atom. The minimum Gasteiger partial charge on any atom is -0.504 e. The number of rotatable bonds is 7. The lowest BCUT2D eigenvalue weighted by atomic mass is 10.2. The number of hydrogen-bond donors (Lipinski definition) is 3. The first-order valence-electron chi connectivity index (χ1n) is 7.19. The molecule has 2 aromatic carbocycles. The third kappa shape index (κ3) is 4.91. The number of hydrazone groups is 1. The van der Waals surface area contributed by atoms with Crippen molar-refractivity contribution in [3.05, 3.63) is 48.0 Å². The molecule has 0 saturated heterocycles. The third-order valence-electron chi connectivity index (χ3n) is 3.15. The van der Waals surface area contributed by atoms with Gasteiger partial charge >= 0.3 is 0 Å². The Hall–Kier alpha value is -3.22. The van der Waals surface area contributed by atoms with Crippen LogP contribution in [0.25, 0.3) is 0 Å². The summed E-state index contributed by atoms with van der Waals surface area (Å²) in [6.45, 7) is 0.0809. The fourth-order valence-corrected chi connectivity index (χ4v) is 1.90. The molecule has 7 heteroatoms. The Bertz CT molecular complexity index is 714. The number of hydrogen-bond acceptors (Lipinski definition) is 6. The van der Waals surface area contributed by atoms with E-state index in [2.05, 4.69) is 15.8 Å². The molecule has 24 heavy (non-hydrogen) atoms. The van der Waals surface area contributed by atoms with E-state index in [9.17, 15) is 9.90 Å². The fraction of sp³-hybridized carbons (Fsp3) is 0.176. The average Bonchev–Trinajstić information content (AvgIpc) is 2.60. The Morgan fingerprint density at radius 3 is 2.54 bits per heavy atom. The Labute approximate surface area is 139 Å². The van der Waals surface area contributed by atoms with Crippen LogP contribution < -0.4 is 20.2 Å². The van der Waals surface area contributed by atoms with Crippen molar-refractivity contribution in [3.8, 4) is 17.2 Å². The molecule has 0 fully saturated rings. The van der Waals surface area contributed by atoms with E-state index in [1.807, 2.05) is 12.1 Å². The summed E-state index contributed by atoms with van der Waals surface area (Å²) in [5.74, 6) is 0.839. The van der Waals surface area contributed by atoms with Crippen LogP contribution >= 0.6 is 0 Å². The quantitative estimate of drug-likeness (QED) is 0.533. The first kappa shape index (κ1) is 17.1. The monoisotopic (exact) mass is 329 g/mol. The standard InChI is InChI=1S/C17H19N3O4/c1-23-14-6-4-13(5-7-14)18-11-17(22)20-19-10-12-3-8-16(24-2)15(21)9-12/h3-10,18,21H,11H2,1-2H3,(H,20,22)/b19-10+. The first-order chi connectivity index (χ1) is 11.6. The van der Waals surface area contributed by atoms with Gasteiger partial charge < -0.3 is 19.9 Å². The van der Waals surface area contributed by atoms with E-state index in [-0.39, 0.29) is 18.2 Å². The summed E-state index contributed by atoms with van der Waals surface area (Å²) in [7, 11) is 3.06. The highest BCUT2D eigenvalue weighted by Crippen LogP contribution is 2.25. The highest BCUT2D eigenvalue weighted by Gasteiger charge is 2.02. The number of ether oxygens (including phenoxy) is 2. The molecule has 0 aromatic heterocycles. The predicted molar refractivity (Wildman–Crippen MR) is 91.9 cm³/mol. The van der Waals surface area contributed by atoms with Crippen molar-refractivity contribution in [2.45, 2.75) is 0 Å². The molecule has 0 aliphatic carbocycles. The maximum atomic E-state index is 11.7. The summed E-state index contributed by atoms with van der Waals surface area (Å²) >= 11 is 0. The van der Waals surface area contributed by atoms with Crippen LogP contribution in [-0.4, -0.2) is 38.0 Å². The number of amides is 1. The molecule has 0 bridgehead atoms. The zero-order chi connectivity index (χ0) is 17.4.